The van der Waals surface area contributed by atoms with Crippen LogP contribution in [-0.2, 0) is 24.6 Å². The van der Waals surface area contributed by atoms with Crippen LogP contribution < -0.4 is 4.31 Å². The third-order valence-electron chi connectivity index (χ3n) is 2.64. The molecule has 0 unspecified atom stereocenters. The number of nitrogens with zero attached hydrogens (tertiary/aromatic N) is 1. The number of carbonyl (C=O) groups excluding carboxylic acids is 1. The third-order valence-corrected chi connectivity index (χ3v) is 4.94. The summed E-state index contributed by atoms with van der Waals surface area (Å²) in [5, 5.41) is 0. The summed E-state index contributed by atoms with van der Waals surface area (Å²) < 4.78 is 51.6. The van der Waals surface area contributed by atoms with E-state index in [0.29, 0.717) is 0 Å². The summed E-state index contributed by atoms with van der Waals surface area (Å²) in [6.45, 7) is 0. The molecular formula is C11H15NO6S2. The number of ether oxygens (including phenoxy) is 1. The lowest BCUT2D eigenvalue weighted by Gasteiger charge is -2.20. The molecule has 0 spiro atoms. The zero-order valence-corrected chi connectivity index (χ0v) is 13.1. The summed E-state index contributed by atoms with van der Waals surface area (Å²) in [6, 6.07) is 3.57. The van der Waals surface area contributed by atoms with Crippen LogP contribution in [0.3, 0.4) is 0 Å². The van der Waals surface area contributed by atoms with E-state index >= 15 is 0 Å². The fourth-order valence-electron chi connectivity index (χ4n) is 1.46. The first-order chi connectivity index (χ1) is 8.98. The van der Waals surface area contributed by atoms with E-state index in [1.807, 2.05) is 0 Å². The Bertz CT molecular complexity index is 736. The van der Waals surface area contributed by atoms with Crippen LogP contribution in [0.4, 0.5) is 5.69 Å². The van der Waals surface area contributed by atoms with Gasteiger partial charge in [0.15, 0.2) is 9.84 Å². The molecule has 0 N–H and O–H groups in total. The van der Waals surface area contributed by atoms with Crippen molar-refractivity contribution in [1.82, 2.24) is 0 Å². The SMILES string of the molecule is COC(=O)c1ccc(S(C)(=O)=O)cc1N(C)S(C)(=O)=O. The lowest BCUT2D eigenvalue weighted by Crippen LogP contribution is -2.27. The summed E-state index contributed by atoms with van der Waals surface area (Å²) in [5.74, 6) is -0.754. The fraction of sp³-hybridized carbons (Fsp3) is 0.364. The Hall–Kier alpha value is -1.61. The predicted molar refractivity (Wildman–Crippen MR) is 74.1 cm³/mol. The van der Waals surface area contributed by atoms with Gasteiger partial charge in [0.2, 0.25) is 10.0 Å². The molecule has 0 aromatic heterocycles. The fourth-order valence-corrected chi connectivity index (χ4v) is 2.61. The normalized spacial score (nSPS) is 12.0. The highest BCUT2D eigenvalue weighted by molar-refractivity contribution is 7.92. The van der Waals surface area contributed by atoms with Crippen LogP contribution in [-0.4, -0.2) is 49.5 Å². The van der Waals surface area contributed by atoms with E-state index in [1.54, 1.807) is 0 Å². The molecule has 0 atom stereocenters. The zero-order chi connectivity index (χ0) is 15.7. The van der Waals surface area contributed by atoms with E-state index in [1.165, 1.54) is 19.2 Å². The quantitative estimate of drug-likeness (QED) is 0.738. The molecule has 0 amide bonds. The molecule has 0 aliphatic rings. The topological polar surface area (TPSA) is 97.8 Å². The second-order valence-corrected chi connectivity index (χ2v) is 8.20. The second-order valence-electron chi connectivity index (χ2n) is 4.17. The van der Waals surface area contributed by atoms with Gasteiger partial charge in [-0.25, -0.2) is 21.6 Å². The molecule has 9 heteroatoms. The van der Waals surface area contributed by atoms with E-state index in [0.717, 1.165) is 30.0 Å². The summed E-state index contributed by atoms with van der Waals surface area (Å²) in [5.41, 5.74) is -0.0879. The zero-order valence-electron chi connectivity index (χ0n) is 11.4. The maximum absolute atomic E-state index is 11.6. The lowest BCUT2D eigenvalue weighted by atomic mass is 10.2. The molecule has 1 aromatic carbocycles. The average molecular weight is 321 g/mol. The molecule has 112 valence electrons. The number of benzene rings is 1. The lowest BCUT2D eigenvalue weighted by molar-refractivity contribution is 0.0601. The number of esters is 1. The monoisotopic (exact) mass is 321 g/mol. The van der Waals surface area contributed by atoms with Crippen LogP contribution in [0.5, 0.6) is 0 Å². The molecule has 0 bridgehead atoms. The Kier molecular flexibility index (Phi) is 4.45. The minimum absolute atomic E-state index is 0.0344. The molecule has 20 heavy (non-hydrogen) atoms. The molecule has 0 aliphatic heterocycles. The van der Waals surface area contributed by atoms with Crippen molar-refractivity contribution < 1.29 is 26.4 Å². The molecule has 0 fully saturated rings. The van der Waals surface area contributed by atoms with Crippen molar-refractivity contribution in [3.05, 3.63) is 23.8 Å². The van der Waals surface area contributed by atoms with Gasteiger partial charge >= 0.3 is 5.97 Å². The van der Waals surface area contributed by atoms with Gasteiger partial charge in [0, 0.05) is 13.3 Å². The van der Waals surface area contributed by atoms with Crippen molar-refractivity contribution in [2.75, 3.05) is 31.0 Å². The number of anilines is 1. The van der Waals surface area contributed by atoms with Crippen molar-refractivity contribution in [3.63, 3.8) is 0 Å². The van der Waals surface area contributed by atoms with E-state index < -0.39 is 25.8 Å². The standard InChI is InChI=1S/C11H15NO6S2/c1-12(20(4,16)17)10-7-8(19(3,14)15)5-6-9(10)11(13)18-2/h5-7H,1-4H3. The Morgan fingerprint density at radius 1 is 1.15 bits per heavy atom. The van der Waals surface area contributed by atoms with Gasteiger partial charge in [-0.3, -0.25) is 4.31 Å². The summed E-state index contributed by atoms with van der Waals surface area (Å²) in [7, 11) is -4.80. The van der Waals surface area contributed by atoms with Crippen molar-refractivity contribution in [1.29, 1.82) is 0 Å². The maximum atomic E-state index is 11.6. The minimum atomic E-state index is -3.65. The van der Waals surface area contributed by atoms with E-state index in [9.17, 15) is 21.6 Å². The van der Waals surface area contributed by atoms with Crippen LogP contribution in [0.15, 0.2) is 23.1 Å². The highest BCUT2D eigenvalue weighted by Gasteiger charge is 2.22. The van der Waals surface area contributed by atoms with Crippen molar-refractivity contribution >= 4 is 31.5 Å². The number of sulfone groups is 1. The Balaban J connectivity index is 3.62. The Labute approximate surface area is 118 Å². The van der Waals surface area contributed by atoms with Gasteiger partial charge in [-0.1, -0.05) is 0 Å². The average Bonchev–Trinajstić information content (AvgIpc) is 2.34. The van der Waals surface area contributed by atoms with Crippen molar-refractivity contribution in [2.45, 2.75) is 4.90 Å². The molecule has 0 heterocycles. The van der Waals surface area contributed by atoms with Crippen LogP contribution in [0.2, 0.25) is 0 Å². The molecule has 0 saturated heterocycles. The van der Waals surface area contributed by atoms with Crippen LogP contribution >= 0.6 is 0 Å². The van der Waals surface area contributed by atoms with Gasteiger partial charge in [0.1, 0.15) is 0 Å². The van der Waals surface area contributed by atoms with E-state index in [2.05, 4.69) is 4.74 Å². The van der Waals surface area contributed by atoms with Gasteiger partial charge in [0.05, 0.1) is 29.5 Å². The Morgan fingerprint density at radius 2 is 1.70 bits per heavy atom. The number of methoxy groups -OCH3 is 1. The number of carbonyl (C=O) groups is 1. The van der Waals surface area contributed by atoms with E-state index in [-0.39, 0.29) is 16.1 Å². The van der Waals surface area contributed by atoms with E-state index in [4.69, 9.17) is 0 Å². The number of sulfonamides is 1. The minimum Gasteiger partial charge on any atom is -0.465 e. The molecule has 1 rings (SSSR count). The summed E-state index contributed by atoms with van der Waals surface area (Å²) >= 11 is 0. The molecule has 7 nitrogen and oxygen atoms in total. The summed E-state index contributed by atoms with van der Waals surface area (Å²) in [4.78, 5) is 11.5. The van der Waals surface area contributed by atoms with Gasteiger partial charge in [-0.15, -0.1) is 0 Å². The van der Waals surface area contributed by atoms with Crippen LogP contribution in [0, 0.1) is 0 Å². The molecule has 1 aromatic rings. The molecular weight excluding hydrogens is 306 g/mol. The number of hydrogen-bond donors (Lipinski definition) is 0. The highest BCUT2D eigenvalue weighted by atomic mass is 32.2. The van der Waals surface area contributed by atoms with Crippen LogP contribution in [0.25, 0.3) is 0 Å². The largest absolute Gasteiger partial charge is 0.465 e. The first-order valence-corrected chi connectivity index (χ1v) is 9.08. The predicted octanol–water partition coefficient (Wildman–Crippen LogP) is 0.273. The van der Waals surface area contributed by atoms with Gasteiger partial charge in [-0.2, -0.15) is 0 Å². The first kappa shape index (κ1) is 16.4. The molecule has 0 aliphatic carbocycles. The Morgan fingerprint density at radius 3 is 2.10 bits per heavy atom. The number of rotatable bonds is 4. The van der Waals surface area contributed by atoms with Gasteiger partial charge in [0.25, 0.3) is 0 Å². The maximum Gasteiger partial charge on any atom is 0.340 e. The van der Waals surface area contributed by atoms with Gasteiger partial charge < -0.3 is 4.74 Å². The van der Waals surface area contributed by atoms with Crippen LogP contribution in [0.1, 0.15) is 10.4 Å². The smallest absolute Gasteiger partial charge is 0.340 e. The molecule has 0 radical (unpaired) electrons. The third kappa shape index (κ3) is 3.48. The number of hydrogen-bond acceptors (Lipinski definition) is 6. The second kappa shape index (κ2) is 5.41. The van der Waals surface area contributed by atoms with Crippen molar-refractivity contribution in [3.8, 4) is 0 Å². The van der Waals surface area contributed by atoms with Gasteiger partial charge in [-0.05, 0) is 18.2 Å². The first-order valence-electron chi connectivity index (χ1n) is 5.35. The molecule has 0 saturated carbocycles. The summed E-state index contributed by atoms with van der Waals surface area (Å²) in [6.07, 6.45) is 1.94. The highest BCUT2D eigenvalue weighted by Crippen LogP contribution is 2.26. The van der Waals surface area contributed by atoms with Crippen molar-refractivity contribution in [2.24, 2.45) is 0 Å².